The highest BCUT2D eigenvalue weighted by atomic mass is 16.6. The molecule has 0 fully saturated rings. The van der Waals surface area contributed by atoms with Crippen LogP contribution in [0.1, 0.15) is 13.3 Å². The summed E-state index contributed by atoms with van der Waals surface area (Å²) in [7, 11) is 0. The number of hydrogen-bond acceptors (Lipinski definition) is 3. The molecule has 1 heterocycles. The molecule has 0 unspecified atom stereocenters. The van der Waals surface area contributed by atoms with Crippen LogP contribution in [0, 0.1) is 10.1 Å². The summed E-state index contributed by atoms with van der Waals surface area (Å²) in [5, 5.41) is 9.00. The van der Waals surface area contributed by atoms with Gasteiger partial charge in [-0.3, -0.25) is 0 Å². The van der Waals surface area contributed by atoms with E-state index in [0.29, 0.717) is 0 Å². The van der Waals surface area contributed by atoms with Gasteiger partial charge in [0.25, 0.3) is 0 Å². The molecule has 0 radical (unpaired) electrons. The van der Waals surface area contributed by atoms with Gasteiger partial charge in [0, 0.05) is 12.1 Å². The van der Waals surface area contributed by atoms with Gasteiger partial charge in [-0.25, -0.2) is 4.98 Å². The summed E-state index contributed by atoms with van der Waals surface area (Å²) in [5.74, 6) is 0. The van der Waals surface area contributed by atoms with Gasteiger partial charge in [0.15, 0.2) is 12.4 Å². The second-order valence-electron chi connectivity index (χ2n) is 1.85. The summed E-state index contributed by atoms with van der Waals surface area (Å²) >= 11 is 0. The largest absolute Gasteiger partial charge is 0.444 e. The minimum absolute atomic E-state index is 1.00. The predicted molar refractivity (Wildman–Crippen MR) is 52.6 cm³/mol. The number of allylic oxidation sites excluding steroid dienone is 1. The van der Waals surface area contributed by atoms with Gasteiger partial charge in [-0.2, -0.15) is 0 Å². The lowest BCUT2D eigenvalue weighted by atomic mass is 10.5. The number of nitrogens with zero attached hydrogens (tertiary/aromatic N) is 1. The van der Waals surface area contributed by atoms with Crippen molar-refractivity contribution in [2.75, 3.05) is 0 Å². The van der Waals surface area contributed by atoms with E-state index >= 15 is 0 Å². The molecule has 4 nitrogen and oxygen atoms in total. The highest BCUT2D eigenvalue weighted by Crippen LogP contribution is 1.68. The van der Waals surface area contributed by atoms with Gasteiger partial charge in [-0.1, -0.05) is 19.1 Å². The number of aromatic nitrogens is 1. The van der Waals surface area contributed by atoms with Crippen molar-refractivity contribution in [3.8, 4) is 0 Å². The zero-order chi connectivity index (χ0) is 10.4. The zero-order valence-electron chi connectivity index (χ0n) is 7.64. The first kappa shape index (κ1) is 13.9. The molecule has 0 aromatic carbocycles. The molecule has 1 rings (SSSR count). The molecule has 1 aromatic heterocycles. The topological polar surface area (TPSA) is 66.6 Å². The Morgan fingerprint density at radius 2 is 1.85 bits per heavy atom. The van der Waals surface area contributed by atoms with Crippen molar-refractivity contribution in [1.29, 1.82) is 0 Å². The van der Waals surface area contributed by atoms with Crippen molar-refractivity contribution in [3.63, 3.8) is 0 Å². The number of rotatable bonds is 1. The van der Waals surface area contributed by atoms with Crippen LogP contribution in [-0.4, -0.2) is 0 Å². The molecule has 0 spiro atoms. The van der Waals surface area contributed by atoms with Crippen molar-refractivity contribution >= 4 is 0 Å². The Morgan fingerprint density at radius 3 is 1.92 bits per heavy atom. The van der Waals surface area contributed by atoms with E-state index < -0.39 is 0 Å². The van der Waals surface area contributed by atoms with Crippen LogP contribution in [0.4, 0.5) is 0 Å². The third-order valence-corrected chi connectivity index (χ3v) is 0.896. The van der Waals surface area contributed by atoms with Gasteiger partial charge in [-0.15, -0.1) is 11.9 Å². The minimum atomic E-state index is 1.00. The fourth-order valence-electron chi connectivity index (χ4n) is 0.342. The van der Waals surface area contributed by atoms with Gasteiger partial charge in [-0.05, 0) is 6.42 Å². The second kappa shape index (κ2) is 16.7. The van der Waals surface area contributed by atoms with Crippen LogP contribution in [0.25, 0.3) is 0 Å². The average molecular weight is 182 g/mol. The van der Waals surface area contributed by atoms with Gasteiger partial charge < -0.3 is 10.1 Å². The van der Waals surface area contributed by atoms with Crippen molar-refractivity contribution in [2.45, 2.75) is 13.3 Å². The molecule has 1 aromatic rings. The summed E-state index contributed by atoms with van der Waals surface area (Å²) < 4.78 is 0. The Kier molecular flexibility index (Phi) is 17.8. The normalized spacial score (nSPS) is 6.54. The van der Waals surface area contributed by atoms with Crippen LogP contribution in [0.5, 0.6) is 0 Å². The molecule has 0 aliphatic rings. The highest BCUT2D eigenvalue weighted by molar-refractivity contribution is 4.82. The summed E-state index contributed by atoms with van der Waals surface area (Å²) in [6.07, 6.45) is 6.71. The molecule has 0 aliphatic carbocycles. The summed E-state index contributed by atoms with van der Waals surface area (Å²) in [6.45, 7) is 5.54. The number of nitrogens with one attached hydrogen (secondary N) is 1. The van der Waals surface area contributed by atoms with Crippen molar-refractivity contribution in [1.82, 2.24) is 0 Å². The highest BCUT2D eigenvalue weighted by Gasteiger charge is 1.65. The quantitative estimate of drug-likeness (QED) is 0.380. The van der Waals surface area contributed by atoms with Crippen molar-refractivity contribution < 1.29 is 4.98 Å². The van der Waals surface area contributed by atoms with Crippen molar-refractivity contribution in [2.24, 2.45) is 5.34 Å². The Morgan fingerprint density at radius 1 is 1.46 bits per heavy atom. The van der Waals surface area contributed by atoms with Gasteiger partial charge in [0.05, 0.1) is 0 Å². The zero-order valence-corrected chi connectivity index (χ0v) is 7.64. The molecule has 0 amide bonds. The number of aromatic amines is 1. The number of hydrogen-bond donors (Lipinski definition) is 0. The maximum atomic E-state index is 8.00. The first-order chi connectivity index (χ1) is 6.33. The molecular formula is C9H14N2O2. The molecule has 0 aliphatic heterocycles. The summed E-state index contributed by atoms with van der Waals surface area (Å²) in [4.78, 5) is 10.9. The SMILES string of the molecule is C=CCC.O=N[O-].c1cc[nH+]cc1. The van der Waals surface area contributed by atoms with E-state index in [4.69, 9.17) is 10.1 Å². The van der Waals surface area contributed by atoms with Crippen LogP contribution in [-0.2, 0) is 0 Å². The van der Waals surface area contributed by atoms with Crippen LogP contribution in [0.3, 0.4) is 0 Å². The number of pyridine rings is 1. The molecule has 1 N–H and O–H groups in total. The average Bonchev–Trinajstić information content (AvgIpc) is 2.22. The summed E-state index contributed by atoms with van der Waals surface area (Å²) in [6, 6.07) is 5.86. The third-order valence-electron chi connectivity index (χ3n) is 0.896. The number of H-pyrrole nitrogens is 1. The minimum Gasteiger partial charge on any atom is -0.444 e. The molecule has 13 heavy (non-hydrogen) atoms. The standard InChI is InChI=1S/C5H5N.C4H8.HNO2/c1-2-4-6-5-3-1;1-3-4-2;2-1-3/h1-5H;3H,1,4H2,2H3;(H,2,3). The van der Waals surface area contributed by atoms with Crippen molar-refractivity contribution in [3.05, 3.63) is 53.4 Å². The third kappa shape index (κ3) is 25.3. The second-order valence-corrected chi connectivity index (χ2v) is 1.85. The van der Waals surface area contributed by atoms with Gasteiger partial charge >= 0.3 is 0 Å². The lowest BCUT2D eigenvalue weighted by Crippen LogP contribution is -1.93. The lowest BCUT2D eigenvalue weighted by molar-refractivity contribution is -0.377. The van der Waals surface area contributed by atoms with Crippen LogP contribution in [0.2, 0.25) is 0 Å². The molecule has 0 atom stereocenters. The maximum absolute atomic E-state index is 8.00. The van der Waals surface area contributed by atoms with Gasteiger partial charge in [0.2, 0.25) is 0 Å². The fourth-order valence-corrected chi connectivity index (χ4v) is 0.342. The maximum Gasteiger partial charge on any atom is 0.166 e. The van der Waals surface area contributed by atoms with Crippen LogP contribution in [0.15, 0.2) is 48.6 Å². The van der Waals surface area contributed by atoms with Gasteiger partial charge in [0.1, 0.15) is 0 Å². The first-order valence-corrected chi connectivity index (χ1v) is 3.80. The van der Waals surface area contributed by atoms with Crippen LogP contribution < -0.4 is 4.98 Å². The Labute approximate surface area is 77.9 Å². The Balaban J connectivity index is 0. The molecule has 0 saturated carbocycles. The summed E-state index contributed by atoms with van der Waals surface area (Å²) in [5.41, 5.74) is 0. The van der Waals surface area contributed by atoms with E-state index in [9.17, 15) is 0 Å². The molecule has 0 bridgehead atoms. The van der Waals surface area contributed by atoms with E-state index in [-0.39, 0.29) is 0 Å². The predicted octanol–water partition coefficient (Wildman–Crippen LogP) is 2.33. The lowest BCUT2D eigenvalue weighted by Gasteiger charge is -1.63. The molecule has 4 heteroatoms. The van der Waals surface area contributed by atoms with E-state index in [1.165, 1.54) is 0 Å². The molecule has 72 valence electrons. The monoisotopic (exact) mass is 182 g/mol. The smallest absolute Gasteiger partial charge is 0.166 e. The first-order valence-electron chi connectivity index (χ1n) is 3.80. The van der Waals surface area contributed by atoms with E-state index in [2.05, 4.69) is 18.5 Å². The van der Waals surface area contributed by atoms with E-state index in [0.717, 1.165) is 11.8 Å². The van der Waals surface area contributed by atoms with E-state index in [1.807, 2.05) is 36.7 Å². The van der Waals surface area contributed by atoms with Crippen LogP contribution >= 0.6 is 0 Å². The Hall–Kier alpha value is -1.71. The fraction of sp³-hybridized carbons (Fsp3) is 0.222. The molecule has 0 saturated heterocycles. The Bertz CT molecular complexity index is 163. The van der Waals surface area contributed by atoms with E-state index in [1.54, 1.807) is 0 Å². The molecular weight excluding hydrogens is 168 g/mol.